The monoisotopic (exact) mass is 267 g/mol. The van der Waals surface area contributed by atoms with Gasteiger partial charge in [0.1, 0.15) is 10.7 Å². The third-order valence-corrected chi connectivity index (χ3v) is 3.50. The SMILES string of the molecule is NC(=O)CNC(=O)c1sc2cccc(F)c2c1N. The molecular weight excluding hydrogens is 257 g/mol. The van der Waals surface area contributed by atoms with Crippen molar-refractivity contribution < 1.29 is 14.0 Å². The van der Waals surface area contributed by atoms with Gasteiger partial charge in [-0.2, -0.15) is 0 Å². The first-order chi connectivity index (χ1) is 8.50. The highest BCUT2D eigenvalue weighted by atomic mass is 32.1. The Kier molecular flexibility index (Phi) is 3.15. The highest BCUT2D eigenvalue weighted by Gasteiger charge is 2.18. The summed E-state index contributed by atoms with van der Waals surface area (Å²) in [5.41, 5.74) is 10.7. The molecule has 0 spiro atoms. The van der Waals surface area contributed by atoms with Crippen LogP contribution in [-0.2, 0) is 4.79 Å². The van der Waals surface area contributed by atoms with Crippen LogP contribution in [0, 0.1) is 5.82 Å². The number of hydrogen-bond acceptors (Lipinski definition) is 4. The minimum Gasteiger partial charge on any atom is -0.397 e. The van der Waals surface area contributed by atoms with Gasteiger partial charge >= 0.3 is 0 Å². The fourth-order valence-corrected chi connectivity index (χ4v) is 2.60. The lowest BCUT2D eigenvalue weighted by Crippen LogP contribution is -2.33. The minimum absolute atomic E-state index is 0.0788. The third-order valence-electron chi connectivity index (χ3n) is 2.33. The van der Waals surface area contributed by atoms with Gasteiger partial charge in [0, 0.05) is 4.70 Å². The molecule has 0 fully saturated rings. The number of thiophene rings is 1. The molecular formula is C11H10FN3O2S. The standard InChI is InChI=1S/C11H10FN3O2S/c12-5-2-1-3-6-8(5)9(14)10(18-6)11(17)15-4-7(13)16/h1-3H,4,14H2,(H2,13,16)(H,15,17). The number of amides is 2. The highest BCUT2D eigenvalue weighted by Crippen LogP contribution is 2.35. The molecule has 1 aromatic heterocycles. The van der Waals surface area contributed by atoms with Crippen molar-refractivity contribution in [2.75, 3.05) is 12.3 Å². The number of nitrogens with one attached hydrogen (secondary N) is 1. The maximum absolute atomic E-state index is 13.6. The molecule has 0 atom stereocenters. The molecule has 94 valence electrons. The Bertz CT molecular complexity index is 638. The molecule has 0 saturated carbocycles. The topological polar surface area (TPSA) is 98.2 Å². The zero-order valence-corrected chi connectivity index (χ0v) is 10.0. The van der Waals surface area contributed by atoms with Gasteiger partial charge in [0.05, 0.1) is 17.6 Å². The van der Waals surface area contributed by atoms with Crippen LogP contribution in [0.5, 0.6) is 0 Å². The van der Waals surface area contributed by atoms with E-state index in [9.17, 15) is 14.0 Å². The number of primary amides is 1. The fraction of sp³-hybridized carbons (Fsp3) is 0.0909. The summed E-state index contributed by atoms with van der Waals surface area (Å²) in [6.45, 7) is -0.283. The van der Waals surface area contributed by atoms with Crippen LogP contribution in [0.1, 0.15) is 9.67 Å². The van der Waals surface area contributed by atoms with E-state index >= 15 is 0 Å². The molecule has 0 unspecified atom stereocenters. The van der Waals surface area contributed by atoms with Crippen molar-refractivity contribution in [2.45, 2.75) is 0 Å². The number of fused-ring (bicyclic) bond motifs is 1. The van der Waals surface area contributed by atoms with E-state index in [-0.39, 0.29) is 22.5 Å². The Balaban J connectivity index is 2.40. The summed E-state index contributed by atoms with van der Waals surface area (Å²) in [5.74, 6) is -1.67. The molecule has 1 heterocycles. The van der Waals surface area contributed by atoms with Gasteiger partial charge in [0.15, 0.2) is 0 Å². The van der Waals surface area contributed by atoms with E-state index in [0.29, 0.717) is 4.70 Å². The average molecular weight is 267 g/mol. The van der Waals surface area contributed by atoms with Gasteiger partial charge in [-0.1, -0.05) is 6.07 Å². The van der Waals surface area contributed by atoms with E-state index in [1.807, 2.05) is 0 Å². The van der Waals surface area contributed by atoms with Crippen molar-refractivity contribution in [1.29, 1.82) is 0 Å². The molecule has 2 rings (SSSR count). The first kappa shape index (κ1) is 12.3. The molecule has 18 heavy (non-hydrogen) atoms. The normalized spacial score (nSPS) is 10.5. The summed E-state index contributed by atoms with van der Waals surface area (Å²) in [5, 5.41) is 2.54. The zero-order chi connectivity index (χ0) is 13.3. The predicted octanol–water partition coefficient (Wildman–Crippen LogP) is 0.838. The third kappa shape index (κ3) is 2.12. The number of nitrogens with two attached hydrogens (primary N) is 2. The first-order valence-corrected chi connectivity index (χ1v) is 5.85. The van der Waals surface area contributed by atoms with Crippen LogP contribution in [0.25, 0.3) is 10.1 Å². The van der Waals surface area contributed by atoms with Gasteiger partial charge in [-0.25, -0.2) is 4.39 Å². The first-order valence-electron chi connectivity index (χ1n) is 5.03. The van der Waals surface area contributed by atoms with Gasteiger partial charge in [-0.15, -0.1) is 11.3 Å². The van der Waals surface area contributed by atoms with Gasteiger partial charge in [0.2, 0.25) is 5.91 Å². The number of rotatable bonds is 3. The number of carbonyl (C=O) groups is 2. The molecule has 5 N–H and O–H groups in total. The number of benzene rings is 1. The number of nitrogen functional groups attached to an aromatic ring is 1. The van der Waals surface area contributed by atoms with Gasteiger partial charge in [-0.3, -0.25) is 9.59 Å². The van der Waals surface area contributed by atoms with E-state index < -0.39 is 17.6 Å². The molecule has 0 radical (unpaired) electrons. The van der Waals surface area contributed by atoms with Crippen LogP contribution in [0.4, 0.5) is 10.1 Å². The molecule has 2 aromatic rings. The summed E-state index contributed by atoms with van der Waals surface area (Å²) in [4.78, 5) is 22.5. The molecule has 5 nitrogen and oxygen atoms in total. The van der Waals surface area contributed by atoms with E-state index in [1.165, 1.54) is 6.07 Å². The van der Waals surface area contributed by atoms with Crippen molar-refractivity contribution in [3.8, 4) is 0 Å². The summed E-state index contributed by atoms with van der Waals surface area (Å²) < 4.78 is 14.1. The van der Waals surface area contributed by atoms with Crippen LogP contribution in [0.2, 0.25) is 0 Å². The quantitative estimate of drug-likeness (QED) is 0.768. The summed E-state index contributed by atoms with van der Waals surface area (Å²) in [7, 11) is 0. The van der Waals surface area contributed by atoms with Crippen LogP contribution < -0.4 is 16.8 Å². The second-order valence-corrected chi connectivity index (χ2v) is 4.66. The van der Waals surface area contributed by atoms with E-state index in [2.05, 4.69) is 5.32 Å². The highest BCUT2D eigenvalue weighted by molar-refractivity contribution is 7.21. The molecule has 0 aliphatic rings. The molecule has 0 aliphatic carbocycles. The fourth-order valence-electron chi connectivity index (χ4n) is 1.55. The van der Waals surface area contributed by atoms with E-state index in [4.69, 9.17) is 11.5 Å². The summed E-state index contributed by atoms with van der Waals surface area (Å²) in [6.07, 6.45) is 0. The van der Waals surface area contributed by atoms with Crippen molar-refractivity contribution in [3.63, 3.8) is 0 Å². The van der Waals surface area contributed by atoms with Crippen LogP contribution in [-0.4, -0.2) is 18.4 Å². The van der Waals surface area contributed by atoms with Gasteiger partial charge in [-0.05, 0) is 12.1 Å². The zero-order valence-electron chi connectivity index (χ0n) is 9.20. The van der Waals surface area contributed by atoms with Crippen molar-refractivity contribution >= 4 is 38.9 Å². The molecule has 7 heteroatoms. The molecule has 2 amide bonds. The lowest BCUT2D eigenvalue weighted by molar-refractivity contribution is -0.117. The smallest absolute Gasteiger partial charge is 0.263 e. The summed E-state index contributed by atoms with van der Waals surface area (Å²) >= 11 is 1.07. The Morgan fingerprint density at radius 2 is 2.11 bits per heavy atom. The number of carbonyl (C=O) groups excluding carboxylic acids is 2. The maximum Gasteiger partial charge on any atom is 0.263 e. The van der Waals surface area contributed by atoms with E-state index in [1.54, 1.807) is 12.1 Å². The Hall–Kier alpha value is -2.15. The van der Waals surface area contributed by atoms with Gasteiger partial charge in [0.25, 0.3) is 5.91 Å². The largest absolute Gasteiger partial charge is 0.397 e. The van der Waals surface area contributed by atoms with Crippen LogP contribution in [0.3, 0.4) is 0 Å². The Morgan fingerprint density at radius 3 is 2.72 bits per heavy atom. The lowest BCUT2D eigenvalue weighted by Gasteiger charge is -2.01. The molecule has 0 saturated heterocycles. The molecule has 1 aromatic carbocycles. The lowest BCUT2D eigenvalue weighted by atomic mass is 10.2. The molecule has 0 aliphatic heterocycles. The maximum atomic E-state index is 13.6. The van der Waals surface area contributed by atoms with Crippen molar-refractivity contribution in [2.24, 2.45) is 5.73 Å². The second-order valence-electron chi connectivity index (χ2n) is 3.61. The number of anilines is 1. The number of halogens is 1. The minimum atomic E-state index is -0.658. The van der Waals surface area contributed by atoms with Crippen LogP contribution >= 0.6 is 11.3 Å². The predicted molar refractivity (Wildman–Crippen MR) is 67.7 cm³/mol. The second kappa shape index (κ2) is 4.61. The van der Waals surface area contributed by atoms with E-state index in [0.717, 1.165) is 11.3 Å². The van der Waals surface area contributed by atoms with Gasteiger partial charge < -0.3 is 16.8 Å². The van der Waals surface area contributed by atoms with Crippen molar-refractivity contribution in [1.82, 2.24) is 5.32 Å². The van der Waals surface area contributed by atoms with Crippen molar-refractivity contribution in [3.05, 3.63) is 28.9 Å². The van der Waals surface area contributed by atoms with Crippen LogP contribution in [0.15, 0.2) is 18.2 Å². The Labute approximate surface area is 106 Å². The Morgan fingerprint density at radius 1 is 1.39 bits per heavy atom. The number of hydrogen-bond donors (Lipinski definition) is 3. The summed E-state index contributed by atoms with van der Waals surface area (Å²) in [6, 6.07) is 4.49. The average Bonchev–Trinajstić information content (AvgIpc) is 2.65. The molecule has 0 bridgehead atoms.